The van der Waals surface area contributed by atoms with E-state index in [0.717, 1.165) is 12.8 Å². The average molecular weight is 316 g/mol. The molecule has 0 unspecified atom stereocenters. The minimum Gasteiger partial charge on any atom is -0.326 e. The van der Waals surface area contributed by atoms with E-state index in [0.29, 0.717) is 23.2 Å². The number of hydrogen-bond acceptors (Lipinski definition) is 2. The number of anilines is 1. The van der Waals surface area contributed by atoms with E-state index in [4.69, 9.17) is 5.73 Å². The highest BCUT2D eigenvalue weighted by Gasteiger charge is 2.21. The minimum absolute atomic E-state index is 0.0335. The number of piperidine rings is 1. The lowest BCUT2D eigenvalue weighted by Crippen LogP contribution is -2.47. The Kier molecular flexibility index (Phi) is 4.19. The predicted octanol–water partition coefficient (Wildman–Crippen LogP) is 2.54. The molecule has 2 rings (SSSR count). The average Bonchev–Trinajstić information content (AvgIpc) is 2.34. The summed E-state index contributed by atoms with van der Waals surface area (Å²) in [6, 6.07) is 4.30. The summed E-state index contributed by atoms with van der Waals surface area (Å²) in [4.78, 5) is 13.6. The first-order chi connectivity index (χ1) is 8.56. The van der Waals surface area contributed by atoms with Crippen molar-refractivity contribution < 1.29 is 9.18 Å². The van der Waals surface area contributed by atoms with Crippen molar-refractivity contribution in [1.29, 1.82) is 0 Å². The van der Waals surface area contributed by atoms with E-state index in [-0.39, 0.29) is 12.1 Å². The first kappa shape index (κ1) is 13.3. The highest BCUT2D eigenvalue weighted by Crippen LogP contribution is 2.20. The lowest BCUT2D eigenvalue weighted by atomic mass is 10.1. The van der Waals surface area contributed by atoms with Crippen LogP contribution < -0.4 is 11.1 Å². The molecule has 18 heavy (non-hydrogen) atoms. The maximum Gasteiger partial charge on any atom is 0.321 e. The zero-order valence-corrected chi connectivity index (χ0v) is 11.4. The first-order valence-corrected chi connectivity index (χ1v) is 6.62. The topological polar surface area (TPSA) is 58.4 Å². The van der Waals surface area contributed by atoms with Gasteiger partial charge >= 0.3 is 6.03 Å². The van der Waals surface area contributed by atoms with Crippen LogP contribution in [0, 0.1) is 5.82 Å². The monoisotopic (exact) mass is 315 g/mol. The van der Waals surface area contributed by atoms with Gasteiger partial charge in [-0.05, 0) is 47.0 Å². The molecule has 3 N–H and O–H groups in total. The van der Waals surface area contributed by atoms with Crippen LogP contribution in [0.4, 0.5) is 14.9 Å². The molecule has 2 amide bonds. The molecular weight excluding hydrogens is 301 g/mol. The normalized spacial score (nSPS) is 19.7. The smallest absolute Gasteiger partial charge is 0.321 e. The van der Waals surface area contributed by atoms with Gasteiger partial charge in [0.25, 0.3) is 0 Å². The van der Waals surface area contributed by atoms with Gasteiger partial charge in [-0.2, -0.15) is 0 Å². The second kappa shape index (κ2) is 5.67. The van der Waals surface area contributed by atoms with E-state index >= 15 is 0 Å². The molecular formula is C12H15BrFN3O. The van der Waals surface area contributed by atoms with Crippen LogP contribution in [0.2, 0.25) is 0 Å². The summed E-state index contributed by atoms with van der Waals surface area (Å²) < 4.78 is 13.7. The highest BCUT2D eigenvalue weighted by atomic mass is 79.9. The van der Waals surface area contributed by atoms with Gasteiger partial charge in [-0.3, -0.25) is 0 Å². The maximum absolute atomic E-state index is 13.3. The summed E-state index contributed by atoms with van der Waals surface area (Å²) in [5.41, 5.74) is 6.26. The molecule has 1 saturated heterocycles. The van der Waals surface area contributed by atoms with Crippen LogP contribution in [-0.4, -0.2) is 30.1 Å². The molecule has 1 aromatic carbocycles. The summed E-state index contributed by atoms with van der Waals surface area (Å²) in [7, 11) is 0. The number of amides is 2. The van der Waals surface area contributed by atoms with E-state index in [1.54, 1.807) is 17.0 Å². The maximum atomic E-state index is 13.3. The van der Waals surface area contributed by atoms with Crippen LogP contribution in [0.1, 0.15) is 12.8 Å². The molecule has 1 aliphatic rings. The molecule has 0 saturated carbocycles. The summed E-state index contributed by atoms with van der Waals surface area (Å²) in [5, 5.41) is 2.67. The molecule has 0 radical (unpaired) electrons. The fourth-order valence-electron chi connectivity index (χ4n) is 1.97. The Morgan fingerprint density at radius 2 is 2.33 bits per heavy atom. The van der Waals surface area contributed by atoms with Gasteiger partial charge in [-0.1, -0.05) is 0 Å². The second-order valence-electron chi connectivity index (χ2n) is 4.41. The standard InChI is InChI=1S/C12H15BrFN3O/c13-10-4-3-9(6-11(10)14)16-12(18)17-5-1-2-8(15)7-17/h3-4,6,8H,1-2,5,7,15H2,(H,16,18)/t8-/m1/s1. The third kappa shape index (κ3) is 3.20. The number of halogens is 2. The van der Waals surface area contributed by atoms with Crippen molar-refractivity contribution in [3.8, 4) is 0 Å². The largest absolute Gasteiger partial charge is 0.326 e. The van der Waals surface area contributed by atoms with Gasteiger partial charge in [-0.15, -0.1) is 0 Å². The second-order valence-corrected chi connectivity index (χ2v) is 5.26. The van der Waals surface area contributed by atoms with E-state index < -0.39 is 5.82 Å². The fraction of sp³-hybridized carbons (Fsp3) is 0.417. The number of carbonyl (C=O) groups excluding carboxylic acids is 1. The summed E-state index contributed by atoms with van der Waals surface area (Å²) in [5.74, 6) is -0.400. The molecule has 1 aromatic rings. The Morgan fingerprint density at radius 3 is 3.00 bits per heavy atom. The molecule has 6 heteroatoms. The summed E-state index contributed by atoms with van der Waals surface area (Å²) >= 11 is 3.07. The van der Waals surface area contributed by atoms with Crippen molar-refractivity contribution in [3.05, 3.63) is 28.5 Å². The molecule has 0 bridgehead atoms. The predicted molar refractivity (Wildman–Crippen MR) is 71.9 cm³/mol. The first-order valence-electron chi connectivity index (χ1n) is 5.83. The number of hydrogen-bond donors (Lipinski definition) is 2. The van der Waals surface area contributed by atoms with Gasteiger partial charge < -0.3 is 16.0 Å². The van der Waals surface area contributed by atoms with Crippen LogP contribution in [-0.2, 0) is 0 Å². The van der Waals surface area contributed by atoms with Gasteiger partial charge in [0.15, 0.2) is 0 Å². The lowest BCUT2D eigenvalue weighted by Gasteiger charge is -2.30. The Hall–Kier alpha value is -1.14. The number of nitrogens with zero attached hydrogens (tertiary/aromatic N) is 1. The van der Waals surface area contributed by atoms with E-state index in [2.05, 4.69) is 21.2 Å². The van der Waals surface area contributed by atoms with Gasteiger partial charge in [0, 0.05) is 24.8 Å². The Morgan fingerprint density at radius 1 is 1.56 bits per heavy atom. The summed E-state index contributed by atoms with van der Waals surface area (Å²) in [6.45, 7) is 1.24. The quantitative estimate of drug-likeness (QED) is 0.836. The molecule has 1 fully saturated rings. The zero-order chi connectivity index (χ0) is 13.1. The molecule has 0 aliphatic carbocycles. The van der Waals surface area contributed by atoms with Crippen molar-refractivity contribution >= 4 is 27.6 Å². The molecule has 1 heterocycles. The van der Waals surface area contributed by atoms with Crippen LogP contribution in [0.15, 0.2) is 22.7 Å². The van der Waals surface area contributed by atoms with Crippen molar-refractivity contribution in [1.82, 2.24) is 4.90 Å². The number of nitrogens with two attached hydrogens (primary N) is 1. The van der Waals surface area contributed by atoms with E-state index in [1.807, 2.05) is 0 Å². The van der Waals surface area contributed by atoms with Gasteiger partial charge in [-0.25, -0.2) is 9.18 Å². The number of rotatable bonds is 1. The lowest BCUT2D eigenvalue weighted by molar-refractivity contribution is 0.193. The highest BCUT2D eigenvalue weighted by molar-refractivity contribution is 9.10. The van der Waals surface area contributed by atoms with Crippen LogP contribution in [0.5, 0.6) is 0 Å². The molecule has 1 atom stereocenters. The Bertz CT molecular complexity index is 455. The van der Waals surface area contributed by atoms with Gasteiger partial charge in [0.2, 0.25) is 0 Å². The minimum atomic E-state index is -0.400. The summed E-state index contributed by atoms with van der Waals surface area (Å²) in [6.07, 6.45) is 1.85. The number of urea groups is 1. The zero-order valence-electron chi connectivity index (χ0n) is 9.83. The van der Waals surface area contributed by atoms with Crippen LogP contribution in [0.3, 0.4) is 0 Å². The van der Waals surface area contributed by atoms with Gasteiger partial charge in [0.05, 0.1) is 4.47 Å². The molecule has 98 valence electrons. The molecule has 4 nitrogen and oxygen atoms in total. The molecule has 0 aromatic heterocycles. The SMILES string of the molecule is N[C@@H]1CCCN(C(=O)Nc2ccc(Br)c(F)c2)C1. The Balaban J connectivity index is 2.00. The molecule has 0 spiro atoms. The van der Waals surface area contributed by atoms with E-state index in [9.17, 15) is 9.18 Å². The third-order valence-corrected chi connectivity index (χ3v) is 3.56. The van der Waals surface area contributed by atoms with Crippen LogP contribution >= 0.6 is 15.9 Å². The van der Waals surface area contributed by atoms with Crippen molar-refractivity contribution in [2.75, 3.05) is 18.4 Å². The third-order valence-electron chi connectivity index (χ3n) is 2.92. The molecule has 1 aliphatic heterocycles. The fourth-order valence-corrected chi connectivity index (χ4v) is 2.22. The van der Waals surface area contributed by atoms with Crippen LogP contribution in [0.25, 0.3) is 0 Å². The van der Waals surface area contributed by atoms with Crippen molar-refractivity contribution in [2.45, 2.75) is 18.9 Å². The number of benzene rings is 1. The number of likely N-dealkylation sites (tertiary alicyclic amines) is 1. The number of carbonyl (C=O) groups is 1. The Labute approximate surface area is 113 Å². The number of nitrogens with one attached hydrogen (secondary N) is 1. The van der Waals surface area contributed by atoms with Crippen molar-refractivity contribution in [2.24, 2.45) is 5.73 Å². The van der Waals surface area contributed by atoms with Crippen molar-refractivity contribution in [3.63, 3.8) is 0 Å². The van der Waals surface area contributed by atoms with E-state index in [1.165, 1.54) is 6.07 Å². The van der Waals surface area contributed by atoms with Gasteiger partial charge in [0.1, 0.15) is 5.82 Å².